The summed E-state index contributed by atoms with van der Waals surface area (Å²) < 4.78 is 6.41. The molecular formula is C18H18N4O4S. The van der Waals surface area contributed by atoms with Gasteiger partial charge in [-0.1, -0.05) is 12.1 Å². The number of esters is 1. The van der Waals surface area contributed by atoms with Gasteiger partial charge in [0.05, 0.1) is 22.9 Å². The van der Waals surface area contributed by atoms with Gasteiger partial charge < -0.3 is 4.74 Å². The summed E-state index contributed by atoms with van der Waals surface area (Å²) in [5.74, 6) is -0.666. The third-order valence-electron chi connectivity index (χ3n) is 3.88. The summed E-state index contributed by atoms with van der Waals surface area (Å²) in [5, 5.41) is 2.74. The van der Waals surface area contributed by atoms with Crippen molar-refractivity contribution in [3.8, 4) is 0 Å². The lowest BCUT2D eigenvalue weighted by atomic mass is 10.2. The smallest absolute Gasteiger partial charge is 0.326 e. The summed E-state index contributed by atoms with van der Waals surface area (Å²) in [6.45, 7) is 3.58. The number of fused-ring (bicyclic) bond motifs is 1. The van der Waals surface area contributed by atoms with E-state index in [0.717, 1.165) is 0 Å². The number of carbonyl (C=O) groups is 2. The molecule has 0 bridgehead atoms. The Hall–Kier alpha value is -3.07. The molecule has 2 aromatic heterocycles. The summed E-state index contributed by atoms with van der Waals surface area (Å²) in [4.78, 5) is 46.0. The zero-order chi connectivity index (χ0) is 19.4. The average Bonchev–Trinajstić information content (AvgIpc) is 3.11. The molecule has 8 nitrogen and oxygen atoms in total. The minimum absolute atomic E-state index is 0.0272. The van der Waals surface area contributed by atoms with E-state index < -0.39 is 5.97 Å². The Labute approximate surface area is 159 Å². The van der Waals surface area contributed by atoms with Gasteiger partial charge in [0, 0.05) is 18.8 Å². The predicted molar refractivity (Wildman–Crippen MR) is 102 cm³/mol. The quantitative estimate of drug-likeness (QED) is 0.601. The molecule has 140 valence electrons. The molecule has 0 saturated carbocycles. The van der Waals surface area contributed by atoms with Gasteiger partial charge in [-0.2, -0.15) is 0 Å². The highest BCUT2D eigenvalue weighted by molar-refractivity contribution is 7.14. The van der Waals surface area contributed by atoms with Crippen molar-refractivity contribution in [3.05, 3.63) is 52.0 Å². The van der Waals surface area contributed by atoms with E-state index in [1.807, 2.05) is 6.92 Å². The Bertz CT molecular complexity index is 1040. The van der Waals surface area contributed by atoms with E-state index in [4.69, 9.17) is 4.74 Å². The van der Waals surface area contributed by atoms with Crippen LogP contribution in [0.4, 0.5) is 5.13 Å². The SMILES string of the molecule is CCN(C(C)=O)c1nc(COC(=O)Cn2cnc3ccccc3c2=O)cs1. The Morgan fingerprint density at radius 1 is 1.30 bits per heavy atom. The van der Waals surface area contributed by atoms with Gasteiger partial charge in [-0.25, -0.2) is 9.97 Å². The number of nitrogens with zero attached hydrogens (tertiary/aromatic N) is 4. The summed E-state index contributed by atoms with van der Waals surface area (Å²) >= 11 is 1.31. The van der Waals surface area contributed by atoms with Crippen molar-refractivity contribution in [1.82, 2.24) is 14.5 Å². The maximum absolute atomic E-state index is 12.4. The third kappa shape index (κ3) is 4.20. The van der Waals surface area contributed by atoms with Crippen LogP contribution in [0.25, 0.3) is 10.9 Å². The molecule has 0 aliphatic carbocycles. The Kier molecular flexibility index (Phi) is 5.60. The lowest BCUT2D eigenvalue weighted by Gasteiger charge is -2.14. The van der Waals surface area contributed by atoms with Gasteiger partial charge in [-0.3, -0.25) is 23.9 Å². The molecule has 0 N–H and O–H groups in total. The summed E-state index contributed by atoms with van der Waals surface area (Å²) in [6, 6.07) is 6.94. The van der Waals surface area contributed by atoms with Gasteiger partial charge in [-0.05, 0) is 19.1 Å². The normalized spacial score (nSPS) is 10.7. The third-order valence-corrected chi connectivity index (χ3v) is 4.79. The summed E-state index contributed by atoms with van der Waals surface area (Å²) in [6.07, 6.45) is 1.33. The molecule has 0 fully saturated rings. The molecule has 9 heteroatoms. The fourth-order valence-corrected chi connectivity index (χ4v) is 3.45. The van der Waals surface area contributed by atoms with E-state index in [9.17, 15) is 14.4 Å². The number of para-hydroxylation sites is 1. The second-order valence-corrected chi connectivity index (χ2v) is 6.58. The van der Waals surface area contributed by atoms with Crippen LogP contribution < -0.4 is 10.5 Å². The van der Waals surface area contributed by atoms with E-state index in [1.165, 1.54) is 34.1 Å². The van der Waals surface area contributed by atoms with E-state index in [-0.39, 0.29) is 24.6 Å². The van der Waals surface area contributed by atoms with Crippen LogP contribution in [-0.2, 0) is 27.5 Å². The molecule has 0 aliphatic heterocycles. The molecular weight excluding hydrogens is 368 g/mol. The number of carbonyl (C=O) groups excluding carboxylic acids is 2. The molecule has 0 atom stereocenters. The molecule has 0 radical (unpaired) electrons. The molecule has 3 aromatic rings. The van der Waals surface area contributed by atoms with Crippen molar-refractivity contribution < 1.29 is 14.3 Å². The predicted octanol–water partition coefficient (Wildman–Crippen LogP) is 1.97. The first-order chi connectivity index (χ1) is 13.0. The molecule has 0 aliphatic rings. The minimum Gasteiger partial charge on any atom is -0.458 e. The minimum atomic E-state index is -0.567. The zero-order valence-corrected chi connectivity index (χ0v) is 15.7. The first kappa shape index (κ1) is 18.7. The Morgan fingerprint density at radius 3 is 2.81 bits per heavy atom. The van der Waals surface area contributed by atoms with Crippen LogP contribution in [0.1, 0.15) is 19.5 Å². The second-order valence-electron chi connectivity index (χ2n) is 5.74. The molecule has 0 spiro atoms. The molecule has 3 rings (SSSR count). The van der Waals surface area contributed by atoms with Gasteiger partial charge in [0.25, 0.3) is 5.56 Å². The van der Waals surface area contributed by atoms with Gasteiger partial charge in [0.1, 0.15) is 13.2 Å². The standard InChI is InChI=1S/C18H18N4O4S/c1-3-22(12(2)23)18-20-13(10-27-18)9-26-16(24)8-21-11-19-15-7-5-4-6-14(15)17(21)25/h4-7,10-11H,3,8-9H2,1-2H3. The number of hydrogen-bond donors (Lipinski definition) is 0. The van der Waals surface area contributed by atoms with Crippen LogP contribution in [0.15, 0.2) is 40.8 Å². The lowest BCUT2D eigenvalue weighted by Crippen LogP contribution is -2.27. The highest BCUT2D eigenvalue weighted by Crippen LogP contribution is 2.21. The van der Waals surface area contributed by atoms with Crippen molar-refractivity contribution in [2.75, 3.05) is 11.4 Å². The number of rotatable bonds is 6. The van der Waals surface area contributed by atoms with Crippen LogP contribution in [-0.4, -0.2) is 33.0 Å². The summed E-state index contributed by atoms with van der Waals surface area (Å²) in [7, 11) is 0. The van der Waals surface area contributed by atoms with Crippen LogP contribution in [0, 0.1) is 0 Å². The largest absolute Gasteiger partial charge is 0.458 e. The maximum Gasteiger partial charge on any atom is 0.326 e. The number of thiazole rings is 1. The van der Waals surface area contributed by atoms with Gasteiger partial charge in [0.15, 0.2) is 5.13 Å². The van der Waals surface area contributed by atoms with Gasteiger partial charge in [0.2, 0.25) is 5.91 Å². The Morgan fingerprint density at radius 2 is 2.07 bits per heavy atom. The highest BCUT2D eigenvalue weighted by Gasteiger charge is 2.15. The van der Waals surface area contributed by atoms with Gasteiger partial charge >= 0.3 is 5.97 Å². The molecule has 27 heavy (non-hydrogen) atoms. The number of hydrogen-bond acceptors (Lipinski definition) is 7. The molecule has 1 aromatic carbocycles. The summed E-state index contributed by atoms with van der Waals surface area (Å²) in [5.41, 5.74) is 0.827. The Balaban J connectivity index is 1.64. The number of ether oxygens (including phenoxy) is 1. The molecule has 0 unspecified atom stereocenters. The molecule has 2 heterocycles. The highest BCUT2D eigenvalue weighted by atomic mass is 32.1. The molecule has 0 saturated heterocycles. The first-order valence-electron chi connectivity index (χ1n) is 8.32. The van der Waals surface area contributed by atoms with Crippen molar-refractivity contribution in [2.24, 2.45) is 0 Å². The zero-order valence-electron chi connectivity index (χ0n) is 14.9. The first-order valence-corrected chi connectivity index (χ1v) is 9.20. The fraction of sp³-hybridized carbons (Fsp3) is 0.278. The number of benzene rings is 1. The molecule has 1 amide bonds. The second kappa shape index (κ2) is 8.09. The topological polar surface area (TPSA) is 94.4 Å². The van der Waals surface area contributed by atoms with Crippen LogP contribution >= 0.6 is 11.3 Å². The lowest BCUT2D eigenvalue weighted by molar-refractivity contribution is -0.145. The number of anilines is 1. The van der Waals surface area contributed by atoms with Gasteiger partial charge in [-0.15, -0.1) is 11.3 Å². The van der Waals surface area contributed by atoms with Crippen LogP contribution in [0.5, 0.6) is 0 Å². The average molecular weight is 386 g/mol. The van der Waals surface area contributed by atoms with Crippen molar-refractivity contribution in [2.45, 2.75) is 27.0 Å². The van der Waals surface area contributed by atoms with E-state index in [2.05, 4.69) is 9.97 Å². The number of amides is 1. The van der Waals surface area contributed by atoms with E-state index in [1.54, 1.807) is 29.6 Å². The van der Waals surface area contributed by atoms with E-state index >= 15 is 0 Å². The van der Waals surface area contributed by atoms with Crippen molar-refractivity contribution >= 4 is 39.2 Å². The van der Waals surface area contributed by atoms with Crippen LogP contribution in [0.2, 0.25) is 0 Å². The van der Waals surface area contributed by atoms with Crippen molar-refractivity contribution in [1.29, 1.82) is 0 Å². The van der Waals surface area contributed by atoms with Crippen molar-refractivity contribution in [3.63, 3.8) is 0 Å². The van der Waals surface area contributed by atoms with E-state index in [0.29, 0.717) is 28.3 Å². The number of aromatic nitrogens is 3. The monoisotopic (exact) mass is 386 g/mol. The van der Waals surface area contributed by atoms with Crippen LogP contribution in [0.3, 0.4) is 0 Å². The maximum atomic E-state index is 12.4. The fourth-order valence-electron chi connectivity index (χ4n) is 2.54.